The van der Waals surface area contributed by atoms with Gasteiger partial charge in [0.15, 0.2) is 0 Å². The first-order valence-electron chi connectivity index (χ1n) is 17.4. The van der Waals surface area contributed by atoms with Gasteiger partial charge in [0.1, 0.15) is 15.7 Å². The molecule has 12 heteroatoms. The Labute approximate surface area is 287 Å². The van der Waals surface area contributed by atoms with E-state index in [1.807, 2.05) is 13.0 Å². The molecule has 6 atom stereocenters. The Bertz CT molecular complexity index is 1780. The van der Waals surface area contributed by atoms with Crippen LogP contribution in [-0.4, -0.2) is 78.7 Å². The van der Waals surface area contributed by atoms with Gasteiger partial charge in [-0.2, -0.15) is 0 Å². The number of ether oxygens (including phenoxy) is 2. The maximum Gasteiger partial charge on any atom is 0.330 e. The second-order valence-electron chi connectivity index (χ2n) is 14.9. The molecule has 5 aliphatic rings. The monoisotopic (exact) mass is 696 g/mol. The smallest absolute Gasteiger partial charge is 0.330 e. The van der Waals surface area contributed by atoms with Crippen molar-refractivity contribution in [1.82, 2.24) is 9.62 Å². The second-order valence-corrected chi connectivity index (χ2v) is 16.9. The summed E-state index contributed by atoms with van der Waals surface area (Å²) in [7, 11) is -1.94. The van der Waals surface area contributed by atoms with Crippen LogP contribution in [0.4, 0.5) is 19.3 Å². The number of methoxy groups -OCH3 is 1. The van der Waals surface area contributed by atoms with Crippen LogP contribution < -0.4 is 14.4 Å². The van der Waals surface area contributed by atoms with Crippen LogP contribution in [0, 0.1) is 24.7 Å². The average molecular weight is 697 g/mol. The lowest BCUT2D eigenvalue weighted by molar-refractivity contribution is -0.109. The number of urea groups is 1. The van der Waals surface area contributed by atoms with Gasteiger partial charge in [0.2, 0.25) is 0 Å². The molecule has 0 aromatic heterocycles. The van der Waals surface area contributed by atoms with Gasteiger partial charge in [-0.25, -0.2) is 17.8 Å². The molecule has 1 saturated carbocycles. The number of fused-ring (bicyclic) bond motifs is 4. The maximum absolute atomic E-state index is 14.3. The number of aryl methyl sites for hydroxylation is 2. The Morgan fingerprint density at radius 2 is 1.96 bits per heavy atom. The van der Waals surface area contributed by atoms with Crippen molar-refractivity contribution in [2.24, 2.45) is 22.1 Å². The number of carbonyl (C=O) groups is 2. The van der Waals surface area contributed by atoms with Gasteiger partial charge in [0, 0.05) is 31.2 Å². The first kappa shape index (κ1) is 34.0. The number of likely N-dealkylation sites (tertiary alicyclic amines) is 1. The number of alkyl halides is 2. The highest BCUT2D eigenvalue weighted by Crippen LogP contribution is 2.47. The molecule has 3 heterocycles. The van der Waals surface area contributed by atoms with E-state index in [0.717, 1.165) is 49.2 Å². The van der Waals surface area contributed by atoms with Gasteiger partial charge in [-0.05, 0) is 92.5 Å². The lowest BCUT2D eigenvalue weighted by Crippen LogP contribution is -2.61. The maximum atomic E-state index is 14.3. The van der Waals surface area contributed by atoms with E-state index in [-0.39, 0.29) is 28.8 Å². The van der Waals surface area contributed by atoms with Crippen LogP contribution in [0.1, 0.15) is 66.1 Å². The highest BCUT2D eigenvalue weighted by Gasteiger charge is 2.47. The Hall–Kier alpha value is -3.51. The van der Waals surface area contributed by atoms with Gasteiger partial charge in [0.05, 0.1) is 37.2 Å². The molecule has 1 unspecified atom stereocenters. The highest BCUT2D eigenvalue weighted by atomic mass is 32.2. The molecule has 2 aromatic carbocycles. The molecule has 3 aliphatic heterocycles. The lowest BCUT2D eigenvalue weighted by Gasteiger charge is -2.46. The number of carbonyl (C=O) groups excluding carboxylic acids is 2. The van der Waals surface area contributed by atoms with Crippen LogP contribution in [0.3, 0.4) is 0 Å². The van der Waals surface area contributed by atoms with Crippen molar-refractivity contribution >= 4 is 27.5 Å². The molecule has 0 radical (unpaired) electrons. The molecule has 9 nitrogen and oxygen atoms in total. The lowest BCUT2D eigenvalue weighted by atomic mass is 9.68. The Balaban J connectivity index is 1.28. The largest absolute Gasteiger partial charge is 0.490 e. The summed E-state index contributed by atoms with van der Waals surface area (Å²) in [6.45, 7) is 4.43. The van der Waals surface area contributed by atoms with Crippen LogP contribution in [0.15, 0.2) is 52.9 Å². The zero-order valence-corrected chi connectivity index (χ0v) is 29.3. The van der Waals surface area contributed by atoms with Gasteiger partial charge in [0.25, 0.3) is 11.8 Å². The third-order valence-electron chi connectivity index (χ3n) is 11.1. The zero-order chi connectivity index (χ0) is 34.6. The number of benzene rings is 2. The number of hydrogen-bond donors (Lipinski definition) is 1. The Morgan fingerprint density at radius 3 is 2.69 bits per heavy atom. The third-order valence-corrected chi connectivity index (χ3v) is 13.1. The first-order valence-corrected chi connectivity index (χ1v) is 19.1. The summed E-state index contributed by atoms with van der Waals surface area (Å²) in [5.74, 6) is -2.73. The minimum absolute atomic E-state index is 0.0939. The van der Waals surface area contributed by atoms with Crippen molar-refractivity contribution < 1.29 is 32.1 Å². The van der Waals surface area contributed by atoms with Crippen LogP contribution in [0.5, 0.6) is 5.75 Å². The van der Waals surface area contributed by atoms with Crippen molar-refractivity contribution in [2.45, 2.75) is 69.8 Å². The number of nitrogens with zero attached hydrogens (tertiary/aromatic N) is 3. The molecule has 2 aromatic rings. The SMILES string of the molecule is CO[C@H]1/C=C/C[C@H](C)CS(=O)(NC(=O)N2CC(F)(F)C2)=NC(=O)c2ccc3c(c2)N(C[C@@H]2CC[C@H]21)C[C@@]1(CCCc2cc(C)ccc21)CO3. The van der Waals surface area contributed by atoms with Crippen molar-refractivity contribution in [3.8, 4) is 5.75 Å². The molecular weight excluding hydrogens is 650 g/mol. The molecule has 1 spiro atoms. The number of amides is 3. The summed E-state index contributed by atoms with van der Waals surface area (Å²) < 4.78 is 60.5. The van der Waals surface area contributed by atoms with Crippen LogP contribution in [0.25, 0.3) is 0 Å². The molecular formula is C37H46F2N4O5S. The van der Waals surface area contributed by atoms with E-state index in [1.165, 1.54) is 16.7 Å². The number of nitrogens with one attached hydrogen (secondary N) is 1. The van der Waals surface area contributed by atoms with Crippen molar-refractivity contribution in [2.75, 3.05) is 50.5 Å². The predicted octanol–water partition coefficient (Wildman–Crippen LogP) is 6.29. The van der Waals surface area contributed by atoms with Crippen molar-refractivity contribution in [1.29, 1.82) is 0 Å². The summed E-state index contributed by atoms with van der Waals surface area (Å²) in [5.41, 5.74) is 4.70. The molecule has 264 valence electrons. The summed E-state index contributed by atoms with van der Waals surface area (Å²) in [5, 5.41) is 0. The molecule has 2 fully saturated rings. The van der Waals surface area contributed by atoms with Crippen molar-refractivity contribution in [3.05, 3.63) is 70.8 Å². The van der Waals surface area contributed by atoms with Crippen molar-refractivity contribution in [3.63, 3.8) is 0 Å². The fourth-order valence-electron chi connectivity index (χ4n) is 8.38. The molecule has 7 rings (SSSR count). The predicted molar refractivity (Wildman–Crippen MR) is 185 cm³/mol. The van der Waals surface area contributed by atoms with Crippen LogP contribution in [-0.2, 0) is 26.5 Å². The molecule has 1 N–H and O–H groups in total. The fraction of sp³-hybridized carbons (Fsp3) is 0.568. The van der Waals surface area contributed by atoms with E-state index in [2.05, 4.69) is 45.2 Å². The van der Waals surface area contributed by atoms with Gasteiger partial charge in [-0.3, -0.25) is 9.52 Å². The second kappa shape index (κ2) is 13.0. The first-order chi connectivity index (χ1) is 23.4. The minimum atomic E-state index is -3.67. The van der Waals surface area contributed by atoms with E-state index < -0.39 is 40.9 Å². The summed E-state index contributed by atoms with van der Waals surface area (Å²) >= 11 is 0. The van der Waals surface area contributed by atoms with Gasteiger partial charge in [-0.1, -0.05) is 42.8 Å². The highest BCUT2D eigenvalue weighted by molar-refractivity contribution is 7.92. The zero-order valence-electron chi connectivity index (χ0n) is 28.5. The number of allylic oxidation sites excluding steroid dienone is 1. The minimum Gasteiger partial charge on any atom is -0.490 e. The van der Waals surface area contributed by atoms with Gasteiger partial charge in [-0.15, -0.1) is 4.36 Å². The molecule has 2 bridgehead atoms. The van der Waals surface area contributed by atoms with E-state index >= 15 is 0 Å². The molecule has 2 aliphatic carbocycles. The van der Waals surface area contributed by atoms with E-state index in [0.29, 0.717) is 37.2 Å². The summed E-state index contributed by atoms with van der Waals surface area (Å²) in [4.78, 5) is 30.0. The van der Waals surface area contributed by atoms with Gasteiger partial charge < -0.3 is 19.3 Å². The normalized spacial score (nSPS) is 33.0. The van der Waals surface area contributed by atoms with Crippen LogP contribution in [0.2, 0.25) is 0 Å². The Kier molecular flexibility index (Phi) is 9.00. The summed E-state index contributed by atoms with van der Waals surface area (Å²) in [6, 6.07) is 11.0. The fourth-order valence-corrected chi connectivity index (χ4v) is 10.3. The molecule has 49 heavy (non-hydrogen) atoms. The van der Waals surface area contributed by atoms with Crippen LogP contribution >= 0.6 is 0 Å². The topological polar surface area (TPSA) is 101 Å². The van der Waals surface area contributed by atoms with E-state index in [1.54, 1.807) is 25.3 Å². The molecule has 3 amide bonds. The quantitative estimate of drug-likeness (QED) is 0.371. The number of hydrogen-bond acceptors (Lipinski definition) is 6. The average Bonchev–Trinajstić information content (AvgIpc) is 3.17. The number of rotatable bonds is 2. The molecule has 1 saturated heterocycles. The Morgan fingerprint density at radius 1 is 1.14 bits per heavy atom. The van der Waals surface area contributed by atoms with Gasteiger partial charge >= 0.3 is 6.03 Å². The van der Waals surface area contributed by atoms with E-state index in [4.69, 9.17) is 9.47 Å². The number of anilines is 1. The van der Waals surface area contributed by atoms with E-state index in [9.17, 15) is 22.6 Å². The summed E-state index contributed by atoms with van der Waals surface area (Å²) in [6.07, 6.45) is 9.69. The standard InChI is InChI=1S/C37H46F2N4O5S/c1-24-9-13-30-26(16-24)7-5-15-36(30)20-42-18-28-10-12-29(28)32(47-3)8-4-6-25(2)19-49(46,41-35(45)43-21-37(38,39)22-43)40-34(44)27-11-14-33(48-23-36)31(42)17-27/h4,8-9,11,13-14,16-17,25,28-29,32H,5-7,10,12,15,18-23H2,1-3H3,(H,40,41,44,45,46)/b8-4+/t25-,28-,29+,32-,36-,49?/m0/s1. The number of halogens is 2. The third kappa shape index (κ3) is 6.82.